The van der Waals surface area contributed by atoms with Gasteiger partial charge in [0, 0.05) is 13.5 Å². The van der Waals surface area contributed by atoms with Gasteiger partial charge in [-0.3, -0.25) is 0 Å². The molecule has 248 valence electrons. The number of ether oxygens (including phenoxy) is 1. The van der Waals surface area contributed by atoms with Crippen LogP contribution in [0.4, 0.5) is 4.79 Å². The minimum Gasteiger partial charge on any atom is -0.446 e. The van der Waals surface area contributed by atoms with Crippen LogP contribution >= 0.6 is 0 Å². The SMILES string of the molecule is CC(C)CCC[C@@H](C)C1CCC2C3CC=C4C[C@@H](OC(=O)N(C)C[C@@H](O)C(O)[C@H](O)C(O)CO)CC[C@]4(C)C3CC[C@@]21C. The number of likely N-dealkylation sites (N-methyl/N-ethyl adjacent to an activating group) is 1. The van der Waals surface area contributed by atoms with E-state index in [1.807, 2.05) is 0 Å². The quantitative estimate of drug-likeness (QED) is 0.200. The first-order valence-electron chi connectivity index (χ1n) is 17.2. The van der Waals surface area contributed by atoms with Crippen LogP contribution in [0.2, 0.25) is 0 Å². The van der Waals surface area contributed by atoms with Crippen molar-refractivity contribution in [2.24, 2.45) is 46.3 Å². The van der Waals surface area contributed by atoms with Crippen molar-refractivity contribution in [2.45, 2.75) is 136 Å². The summed E-state index contributed by atoms with van der Waals surface area (Å²) in [6, 6.07) is 0. The monoisotopic (exact) mass is 607 g/mol. The van der Waals surface area contributed by atoms with Crippen LogP contribution in [-0.2, 0) is 4.74 Å². The highest BCUT2D eigenvalue weighted by molar-refractivity contribution is 5.67. The van der Waals surface area contributed by atoms with Crippen molar-refractivity contribution in [3.63, 3.8) is 0 Å². The van der Waals surface area contributed by atoms with Gasteiger partial charge in [0.1, 0.15) is 30.5 Å². The van der Waals surface area contributed by atoms with E-state index in [9.17, 15) is 25.2 Å². The van der Waals surface area contributed by atoms with Gasteiger partial charge in [-0.1, -0.05) is 65.5 Å². The molecule has 8 nitrogen and oxygen atoms in total. The number of amides is 1. The van der Waals surface area contributed by atoms with Crippen molar-refractivity contribution in [1.29, 1.82) is 0 Å². The van der Waals surface area contributed by atoms with Crippen LogP contribution in [0, 0.1) is 46.3 Å². The van der Waals surface area contributed by atoms with Crippen LogP contribution in [0.25, 0.3) is 0 Å². The Morgan fingerprint density at radius 1 is 0.977 bits per heavy atom. The lowest BCUT2D eigenvalue weighted by molar-refractivity contribution is -0.118. The molecule has 8 heteroatoms. The summed E-state index contributed by atoms with van der Waals surface area (Å²) in [6.45, 7) is 11.3. The van der Waals surface area contributed by atoms with E-state index in [0.29, 0.717) is 11.3 Å². The molecule has 5 N–H and O–H groups in total. The summed E-state index contributed by atoms with van der Waals surface area (Å²) in [7, 11) is 1.48. The van der Waals surface area contributed by atoms with Crippen molar-refractivity contribution < 1.29 is 35.1 Å². The molecule has 1 amide bonds. The Morgan fingerprint density at radius 3 is 2.35 bits per heavy atom. The topological polar surface area (TPSA) is 131 Å². The summed E-state index contributed by atoms with van der Waals surface area (Å²) >= 11 is 0. The van der Waals surface area contributed by atoms with E-state index in [1.165, 1.54) is 62.5 Å². The molecule has 3 fully saturated rings. The molecule has 0 radical (unpaired) electrons. The summed E-state index contributed by atoms with van der Waals surface area (Å²) in [5.74, 6) is 4.69. The van der Waals surface area contributed by atoms with Gasteiger partial charge in [0.25, 0.3) is 0 Å². The fourth-order valence-electron chi connectivity index (χ4n) is 10.0. The van der Waals surface area contributed by atoms with E-state index in [0.717, 1.165) is 55.3 Å². The lowest BCUT2D eigenvalue weighted by atomic mass is 9.47. The third kappa shape index (κ3) is 7.14. The first kappa shape index (κ1) is 34.7. The second kappa shape index (κ2) is 14.1. The molecule has 0 spiro atoms. The molecule has 0 saturated heterocycles. The minimum atomic E-state index is -1.73. The number of hydrogen-bond acceptors (Lipinski definition) is 7. The lowest BCUT2D eigenvalue weighted by Crippen LogP contribution is -2.51. The van der Waals surface area contributed by atoms with Crippen LogP contribution in [0.5, 0.6) is 0 Å². The Morgan fingerprint density at radius 2 is 1.67 bits per heavy atom. The van der Waals surface area contributed by atoms with Crippen molar-refractivity contribution in [3.05, 3.63) is 11.6 Å². The van der Waals surface area contributed by atoms with Crippen LogP contribution in [-0.4, -0.2) is 87.2 Å². The van der Waals surface area contributed by atoms with E-state index in [2.05, 4.69) is 40.7 Å². The van der Waals surface area contributed by atoms with E-state index in [1.54, 1.807) is 0 Å². The second-order valence-electron chi connectivity index (χ2n) is 15.7. The number of allylic oxidation sites excluding steroid dienone is 1. The second-order valence-corrected chi connectivity index (χ2v) is 15.7. The highest BCUT2D eigenvalue weighted by atomic mass is 16.6. The Labute approximate surface area is 259 Å². The molecule has 0 bridgehead atoms. The van der Waals surface area contributed by atoms with Gasteiger partial charge in [-0.25, -0.2) is 4.79 Å². The molecule has 43 heavy (non-hydrogen) atoms. The zero-order valence-corrected chi connectivity index (χ0v) is 27.6. The summed E-state index contributed by atoms with van der Waals surface area (Å²) in [5, 5.41) is 48.8. The van der Waals surface area contributed by atoms with Gasteiger partial charge in [-0.2, -0.15) is 0 Å². The number of carbonyl (C=O) groups is 1. The van der Waals surface area contributed by atoms with Crippen LogP contribution < -0.4 is 0 Å². The van der Waals surface area contributed by atoms with Crippen molar-refractivity contribution in [3.8, 4) is 0 Å². The third-order valence-corrected chi connectivity index (χ3v) is 12.6. The first-order chi connectivity index (χ1) is 20.2. The van der Waals surface area contributed by atoms with Gasteiger partial charge in [0.2, 0.25) is 0 Å². The maximum absolute atomic E-state index is 12.9. The van der Waals surface area contributed by atoms with E-state index >= 15 is 0 Å². The summed E-state index contributed by atoms with van der Waals surface area (Å²) < 4.78 is 5.87. The number of hydrogen-bond donors (Lipinski definition) is 5. The average molecular weight is 608 g/mol. The first-order valence-corrected chi connectivity index (χ1v) is 17.2. The minimum absolute atomic E-state index is 0.157. The van der Waals surface area contributed by atoms with Gasteiger partial charge in [-0.15, -0.1) is 0 Å². The predicted molar refractivity (Wildman–Crippen MR) is 167 cm³/mol. The number of rotatable bonds is 12. The Kier molecular flexibility index (Phi) is 11.3. The molecule has 0 aromatic carbocycles. The fraction of sp³-hybridized carbons (Fsp3) is 0.914. The van der Waals surface area contributed by atoms with Crippen LogP contribution in [0.3, 0.4) is 0 Å². The van der Waals surface area contributed by atoms with E-state index in [-0.39, 0.29) is 18.1 Å². The number of aliphatic hydroxyl groups excluding tert-OH is 5. The highest BCUT2D eigenvalue weighted by Gasteiger charge is 2.59. The van der Waals surface area contributed by atoms with Gasteiger partial charge < -0.3 is 35.2 Å². The molecular formula is C35H61NO7. The molecule has 6 unspecified atom stereocenters. The number of carbonyl (C=O) groups excluding carboxylic acids is 1. The Bertz CT molecular complexity index is 972. The molecule has 0 aromatic rings. The van der Waals surface area contributed by atoms with Crippen LogP contribution in [0.15, 0.2) is 11.6 Å². The van der Waals surface area contributed by atoms with Crippen LogP contribution in [0.1, 0.15) is 105 Å². The molecule has 4 aliphatic rings. The maximum Gasteiger partial charge on any atom is 0.409 e. The molecule has 0 aromatic heterocycles. The van der Waals surface area contributed by atoms with E-state index in [4.69, 9.17) is 9.84 Å². The van der Waals surface area contributed by atoms with Crippen molar-refractivity contribution in [2.75, 3.05) is 20.2 Å². The Hall–Kier alpha value is -1.19. The van der Waals surface area contributed by atoms with Gasteiger partial charge >= 0.3 is 6.09 Å². The lowest BCUT2D eigenvalue weighted by Gasteiger charge is -2.58. The molecule has 4 rings (SSSR count). The summed E-state index contributed by atoms with van der Waals surface area (Å²) in [5.41, 5.74) is 2.06. The Balaban J connectivity index is 1.34. The van der Waals surface area contributed by atoms with E-state index < -0.39 is 37.1 Å². The molecule has 0 aliphatic heterocycles. The standard InChI is InChI=1S/C35H61NO7/c1-21(2)8-7-9-22(3)26-12-13-27-25-11-10-23-18-24(14-16-34(23,4)28(25)15-17-35(26,27)5)43-33(42)36(6)19-29(38)31(40)32(41)30(39)20-37/h10,21-22,24-32,37-41H,7-9,11-20H2,1-6H3/t22-,24+,25?,26?,27?,28?,29-,30?,31?,32-,34+,35-/m1/s1. The molecular weight excluding hydrogens is 546 g/mol. The zero-order valence-electron chi connectivity index (χ0n) is 27.6. The van der Waals surface area contributed by atoms with Gasteiger partial charge in [0.15, 0.2) is 0 Å². The normalized spacial score (nSPS) is 37.3. The molecule has 0 heterocycles. The fourth-order valence-corrected chi connectivity index (χ4v) is 10.0. The number of nitrogens with zero attached hydrogens (tertiary/aromatic N) is 1. The summed E-state index contributed by atoms with van der Waals surface area (Å²) in [6.07, 6.45) is 8.29. The zero-order chi connectivity index (χ0) is 31.7. The molecule has 4 aliphatic carbocycles. The van der Waals surface area contributed by atoms with Crippen molar-refractivity contribution in [1.82, 2.24) is 4.90 Å². The number of aliphatic hydroxyl groups is 5. The maximum atomic E-state index is 12.9. The number of fused-ring (bicyclic) bond motifs is 5. The predicted octanol–water partition coefficient (Wildman–Crippen LogP) is 4.90. The summed E-state index contributed by atoms with van der Waals surface area (Å²) in [4.78, 5) is 14.1. The highest BCUT2D eigenvalue weighted by Crippen LogP contribution is 2.67. The third-order valence-electron chi connectivity index (χ3n) is 12.6. The smallest absolute Gasteiger partial charge is 0.409 e. The largest absolute Gasteiger partial charge is 0.446 e. The van der Waals surface area contributed by atoms with Gasteiger partial charge in [0.05, 0.1) is 13.2 Å². The van der Waals surface area contributed by atoms with Gasteiger partial charge in [-0.05, 0) is 91.3 Å². The molecule has 3 saturated carbocycles. The molecule has 12 atom stereocenters. The van der Waals surface area contributed by atoms with Crippen molar-refractivity contribution >= 4 is 6.09 Å². The average Bonchev–Trinajstić information content (AvgIpc) is 3.33.